The van der Waals surface area contributed by atoms with Crippen molar-refractivity contribution in [2.24, 2.45) is 5.92 Å². The molecule has 1 heterocycles. The quantitative estimate of drug-likeness (QED) is 0.789. The van der Waals surface area contributed by atoms with Gasteiger partial charge in [0.2, 0.25) is 5.91 Å². The Kier molecular flexibility index (Phi) is 5.78. The fourth-order valence-electron chi connectivity index (χ4n) is 4.05. The zero-order valence-corrected chi connectivity index (χ0v) is 14.9. The maximum absolute atomic E-state index is 12.7. The van der Waals surface area contributed by atoms with Crippen LogP contribution < -0.4 is 0 Å². The number of carbonyl (C=O) groups is 3. The van der Waals surface area contributed by atoms with Gasteiger partial charge < -0.3 is 10.0 Å². The number of rotatable bonds is 6. The van der Waals surface area contributed by atoms with Crippen molar-refractivity contribution < 1.29 is 19.5 Å². The molecule has 2 fully saturated rings. The van der Waals surface area contributed by atoms with Crippen molar-refractivity contribution in [1.82, 2.24) is 4.90 Å². The Hall–Kier alpha value is -1.82. The number of Topliss-reactive ketones (excluding diaryl/α,β-unsaturated/α-hetero) is 1. The first-order chi connectivity index (χ1) is 12.1. The monoisotopic (exact) mass is 361 g/mol. The summed E-state index contributed by atoms with van der Waals surface area (Å²) >= 11 is 1.27. The van der Waals surface area contributed by atoms with Gasteiger partial charge in [0, 0.05) is 11.6 Å². The molecule has 0 bridgehead atoms. The SMILES string of the molecule is O=C(CSCC(=O)N1C(C(=O)O)CC2CCCCC21)c1ccccc1. The number of nitrogens with zero attached hydrogens (tertiary/aromatic N) is 1. The van der Waals surface area contributed by atoms with Gasteiger partial charge >= 0.3 is 5.97 Å². The number of carbonyl (C=O) groups excluding carboxylic acids is 2. The van der Waals surface area contributed by atoms with E-state index >= 15 is 0 Å². The van der Waals surface area contributed by atoms with E-state index in [4.69, 9.17) is 0 Å². The Balaban J connectivity index is 1.57. The van der Waals surface area contributed by atoms with Crippen LogP contribution in [0.25, 0.3) is 0 Å². The van der Waals surface area contributed by atoms with E-state index in [0.29, 0.717) is 17.9 Å². The van der Waals surface area contributed by atoms with Crippen LogP contribution in [-0.4, -0.2) is 51.3 Å². The van der Waals surface area contributed by atoms with Crippen molar-refractivity contribution in [2.75, 3.05) is 11.5 Å². The van der Waals surface area contributed by atoms with Crippen LogP contribution in [-0.2, 0) is 9.59 Å². The molecule has 134 valence electrons. The summed E-state index contributed by atoms with van der Waals surface area (Å²) in [4.78, 5) is 37.9. The minimum atomic E-state index is -0.909. The molecule has 1 amide bonds. The summed E-state index contributed by atoms with van der Waals surface area (Å²) in [5, 5.41) is 9.49. The lowest BCUT2D eigenvalue weighted by molar-refractivity contribution is -0.148. The topological polar surface area (TPSA) is 74.7 Å². The number of carboxylic acid groups (broad SMARTS) is 1. The number of hydrogen-bond acceptors (Lipinski definition) is 4. The van der Waals surface area contributed by atoms with Gasteiger partial charge in [-0.15, -0.1) is 11.8 Å². The summed E-state index contributed by atoms with van der Waals surface area (Å²) in [6.07, 6.45) is 4.65. The highest BCUT2D eigenvalue weighted by Crippen LogP contribution is 2.40. The molecule has 5 nitrogen and oxygen atoms in total. The molecular formula is C19H23NO4S. The minimum absolute atomic E-state index is 0.00912. The summed E-state index contributed by atoms with van der Waals surface area (Å²) in [5.74, 6) is -0.359. The van der Waals surface area contributed by atoms with Crippen molar-refractivity contribution in [3.8, 4) is 0 Å². The van der Waals surface area contributed by atoms with Gasteiger partial charge in [0.05, 0.1) is 11.5 Å². The molecule has 0 radical (unpaired) electrons. The number of fused-ring (bicyclic) bond motifs is 1. The molecule has 3 unspecified atom stereocenters. The number of benzene rings is 1. The van der Waals surface area contributed by atoms with Crippen LogP contribution >= 0.6 is 11.8 Å². The summed E-state index contributed by atoms with van der Waals surface area (Å²) in [6, 6.07) is 8.37. The lowest BCUT2D eigenvalue weighted by atomic mass is 9.85. The van der Waals surface area contributed by atoms with Crippen LogP contribution in [0, 0.1) is 5.92 Å². The fraction of sp³-hybridized carbons (Fsp3) is 0.526. The Morgan fingerprint density at radius 3 is 2.52 bits per heavy atom. The molecule has 3 rings (SSSR count). The fourth-order valence-corrected chi connectivity index (χ4v) is 4.83. The standard InChI is InChI=1S/C19H23NO4S/c21-17(13-6-2-1-3-7-13)11-25-12-18(22)20-15-9-5-4-8-14(15)10-16(20)19(23)24/h1-3,6-7,14-16H,4-5,8-12H2,(H,23,24). The third-order valence-electron chi connectivity index (χ3n) is 5.22. The number of hydrogen-bond donors (Lipinski definition) is 1. The molecule has 1 N–H and O–H groups in total. The van der Waals surface area contributed by atoms with Crippen molar-refractivity contribution >= 4 is 29.4 Å². The van der Waals surface area contributed by atoms with E-state index in [1.165, 1.54) is 11.8 Å². The van der Waals surface area contributed by atoms with Gasteiger partial charge in [0.25, 0.3) is 0 Å². The average Bonchev–Trinajstić information content (AvgIpc) is 3.02. The number of amides is 1. The predicted octanol–water partition coefficient (Wildman–Crippen LogP) is 2.85. The van der Waals surface area contributed by atoms with Gasteiger partial charge in [-0.3, -0.25) is 9.59 Å². The van der Waals surface area contributed by atoms with Gasteiger partial charge in [-0.1, -0.05) is 43.2 Å². The van der Waals surface area contributed by atoms with E-state index in [1.807, 2.05) is 18.2 Å². The van der Waals surface area contributed by atoms with Crippen molar-refractivity contribution in [3.63, 3.8) is 0 Å². The third-order valence-corrected chi connectivity index (χ3v) is 6.13. The maximum atomic E-state index is 12.7. The first-order valence-corrected chi connectivity index (χ1v) is 9.93. The molecule has 25 heavy (non-hydrogen) atoms. The first-order valence-electron chi connectivity index (χ1n) is 8.78. The molecule has 1 aliphatic carbocycles. The first kappa shape index (κ1) is 18.0. The van der Waals surface area contributed by atoms with E-state index in [9.17, 15) is 19.5 Å². The van der Waals surface area contributed by atoms with E-state index in [1.54, 1.807) is 17.0 Å². The Morgan fingerprint density at radius 1 is 1.08 bits per heavy atom. The van der Waals surface area contributed by atoms with Crippen molar-refractivity contribution in [3.05, 3.63) is 35.9 Å². The van der Waals surface area contributed by atoms with Gasteiger partial charge in [-0.05, 0) is 25.2 Å². The lowest BCUT2D eigenvalue weighted by Gasteiger charge is -2.33. The molecule has 6 heteroatoms. The second kappa shape index (κ2) is 8.04. The smallest absolute Gasteiger partial charge is 0.326 e. The lowest BCUT2D eigenvalue weighted by Crippen LogP contribution is -2.47. The molecule has 1 saturated heterocycles. The number of aliphatic carboxylic acids is 1. The van der Waals surface area contributed by atoms with Crippen LogP contribution in [0.4, 0.5) is 0 Å². The number of thioether (sulfide) groups is 1. The van der Waals surface area contributed by atoms with Gasteiger partial charge in [0.1, 0.15) is 6.04 Å². The van der Waals surface area contributed by atoms with Crippen LogP contribution in [0.3, 0.4) is 0 Å². The summed E-state index contributed by atoms with van der Waals surface area (Å²) < 4.78 is 0. The molecule has 0 spiro atoms. The zero-order chi connectivity index (χ0) is 17.8. The Labute approximate surface area is 151 Å². The molecule has 1 aromatic rings. The highest BCUT2D eigenvalue weighted by molar-refractivity contribution is 8.00. The molecule has 3 atom stereocenters. The van der Waals surface area contributed by atoms with Crippen LogP contribution in [0.5, 0.6) is 0 Å². The second-order valence-corrected chi connectivity index (χ2v) is 7.77. The second-order valence-electron chi connectivity index (χ2n) is 6.78. The maximum Gasteiger partial charge on any atom is 0.326 e. The van der Waals surface area contributed by atoms with Crippen LogP contribution in [0.15, 0.2) is 30.3 Å². The molecule has 0 aromatic heterocycles. The van der Waals surface area contributed by atoms with Gasteiger partial charge in [-0.25, -0.2) is 4.79 Å². The molecular weight excluding hydrogens is 338 g/mol. The minimum Gasteiger partial charge on any atom is -0.480 e. The molecule has 1 aliphatic heterocycles. The van der Waals surface area contributed by atoms with Crippen molar-refractivity contribution in [2.45, 2.75) is 44.2 Å². The largest absolute Gasteiger partial charge is 0.480 e. The van der Waals surface area contributed by atoms with Crippen LogP contribution in [0.1, 0.15) is 42.5 Å². The molecule has 2 aliphatic rings. The predicted molar refractivity (Wildman–Crippen MR) is 96.7 cm³/mol. The van der Waals surface area contributed by atoms with Gasteiger partial charge in [-0.2, -0.15) is 0 Å². The van der Waals surface area contributed by atoms with E-state index < -0.39 is 12.0 Å². The Morgan fingerprint density at radius 2 is 1.80 bits per heavy atom. The molecule has 1 saturated carbocycles. The average molecular weight is 361 g/mol. The number of ketones is 1. The number of likely N-dealkylation sites (tertiary alicyclic amines) is 1. The Bertz CT molecular complexity index is 648. The summed E-state index contributed by atoms with van der Waals surface area (Å²) in [5.41, 5.74) is 0.638. The molecule has 1 aromatic carbocycles. The van der Waals surface area contributed by atoms with Crippen LogP contribution in [0.2, 0.25) is 0 Å². The zero-order valence-electron chi connectivity index (χ0n) is 14.1. The number of carboxylic acids is 1. The summed E-state index contributed by atoms with van der Waals surface area (Å²) in [7, 11) is 0. The van der Waals surface area contributed by atoms with Crippen molar-refractivity contribution in [1.29, 1.82) is 0 Å². The van der Waals surface area contributed by atoms with E-state index in [0.717, 1.165) is 25.7 Å². The third kappa shape index (κ3) is 4.06. The summed E-state index contributed by atoms with van der Waals surface area (Å²) in [6.45, 7) is 0. The van der Waals surface area contributed by atoms with E-state index in [-0.39, 0.29) is 29.2 Å². The highest BCUT2D eigenvalue weighted by atomic mass is 32.2. The van der Waals surface area contributed by atoms with E-state index in [2.05, 4.69) is 0 Å². The van der Waals surface area contributed by atoms with Gasteiger partial charge in [0.15, 0.2) is 5.78 Å². The normalized spacial score (nSPS) is 25.4. The highest BCUT2D eigenvalue weighted by Gasteiger charge is 2.47.